The summed E-state index contributed by atoms with van der Waals surface area (Å²) in [7, 11) is 4.51. The van der Waals surface area contributed by atoms with Crippen LogP contribution in [0.15, 0.2) is 30.3 Å². The van der Waals surface area contributed by atoms with Crippen LogP contribution in [-0.2, 0) is 14.2 Å². The highest BCUT2D eigenvalue weighted by molar-refractivity contribution is 6.02. The van der Waals surface area contributed by atoms with Gasteiger partial charge in [0.05, 0.1) is 6.42 Å². The summed E-state index contributed by atoms with van der Waals surface area (Å²) in [5.74, 6) is 1.06. The van der Waals surface area contributed by atoms with E-state index in [1.807, 2.05) is 0 Å². The van der Waals surface area contributed by atoms with Crippen LogP contribution in [0.25, 0.3) is 0 Å². The summed E-state index contributed by atoms with van der Waals surface area (Å²) in [5.41, 5.74) is 0.758. The van der Waals surface area contributed by atoms with Crippen LogP contribution in [0.4, 0.5) is 0 Å². The molecule has 1 N–H and O–H groups in total. The number of hydrogen-bond acceptors (Lipinski definition) is 9. The first-order valence-electron chi connectivity index (χ1n) is 9.13. The van der Waals surface area contributed by atoms with Crippen molar-refractivity contribution >= 4 is 5.78 Å². The van der Waals surface area contributed by atoms with Gasteiger partial charge in [-0.25, -0.2) is 0 Å². The summed E-state index contributed by atoms with van der Waals surface area (Å²) in [4.78, 5) is 12.7. The molecule has 1 aliphatic rings. The van der Waals surface area contributed by atoms with Crippen molar-refractivity contribution in [2.75, 3.05) is 41.7 Å². The van der Waals surface area contributed by atoms with E-state index in [4.69, 9.17) is 33.2 Å². The van der Waals surface area contributed by atoms with Gasteiger partial charge in [-0.3, -0.25) is 4.79 Å². The van der Waals surface area contributed by atoms with Crippen LogP contribution >= 0.6 is 0 Å². The van der Waals surface area contributed by atoms with Crippen molar-refractivity contribution in [3.63, 3.8) is 0 Å². The van der Waals surface area contributed by atoms with Crippen LogP contribution in [0.5, 0.6) is 28.7 Å². The van der Waals surface area contributed by atoms with Gasteiger partial charge in [0.25, 0.3) is 0 Å². The van der Waals surface area contributed by atoms with Gasteiger partial charge in [0.1, 0.15) is 40.4 Å². The second-order valence-corrected chi connectivity index (χ2v) is 6.40. The van der Waals surface area contributed by atoms with Gasteiger partial charge in [-0.05, 0) is 12.1 Å². The number of ketones is 1. The maximum Gasteiger partial charge on any atom is 0.188 e. The fraction of sp³-hybridized carbons (Fsp3) is 0.381. The number of carbonyl (C=O) groups excluding carboxylic acids is 1. The molecule has 2 aromatic rings. The smallest absolute Gasteiger partial charge is 0.188 e. The minimum Gasteiger partial charge on any atom is -0.507 e. The number of phenols is 1. The molecule has 9 nitrogen and oxygen atoms in total. The minimum atomic E-state index is -0.634. The number of phenolic OH excluding ortho intramolecular Hbond substituents is 1. The van der Waals surface area contributed by atoms with E-state index in [1.54, 1.807) is 24.3 Å². The first-order valence-corrected chi connectivity index (χ1v) is 9.13. The normalized spacial score (nSPS) is 15.3. The molecule has 0 radical (unpaired) electrons. The zero-order valence-corrected chi connectivity index (χ0v) is 17.0. The third kappa shape index (κ3) is 4.93. The van der Waals surface area contributed by atoms with Gasteiger partial charge in [0.15, 0.2) is 26.2 Å². The Balaban J connectivity index is 1.91. The first-order chi connectivity index (χ1) is 14.6. The van der Waals surface area contributed by atoms with E-state index < -0.39 is 6.10 Å². The van der Waals surface area contributed by atoms with Gasteiger partial charge in [-0.2, -0.15) is 0 Å². The summed E-state index contributed by atoms with van der Waals surface area (Å²) in [6, 6.07) is 8.06. The molecule has 0 aliphatic carbocycles. The van der Waals surface area contributed by atoms with E-state index in [0.717, 1.165) is 0 Å². The molecule has 162 valence electrons. The second kappa shape index (κ2) is 10.1. The van der Waals surface area contributed by atoms with Crippen molar-refractivity contribution in [2.45, 2.75) is 12.5 Å². The average molecular weight is 420 g/mol. The third-order valence-electron chi connectivity index (χ3n) is 4.32. The summed E-state index contributed by atoms with van der Waals surface area (Å²) < 4.78 is 37.3. The Labute approximate surface area is 174 Å². The monoisotopic (exact) mass is 420 g/mol. The van der Waals surface area contributed by atoms with Crippen LogP contribution < -0.4 is 18.9 Å². The number of ether oxygens (including phenoxy) is 7. The first kappa shape index (κ1) is 21.7. The summed E-state index contributed by atoms with van der Waals surface area (Å²) in [6.45, 7) is 0.0830. The van der Waals surface area contributed by atoms with Crippen LogP contribution in [0.2, 0.25) is 0 Å². The van der Waals surface area contributed by atoms with E-state index in [1.165, 1.54) is 27.4 Å². The van der Waals surface area contributed by atoms with E-state index in [2.05, 4.69) is 0 Å². The van der Waals surface area contributed by atoms with Crippen LogP contribution in [-0.4, -0.2) is 52.6 Å². The molecule has 0 spiro atoms. The van der Waals surface area contributed by atoms with Crippen molar-refractivity contribution in [3.8, 4) is 28.7 Å². The van der Waals surface area contributed by atoms with Crippen molar-refractivity contribution < 1.29 is 43.1 Å². The fourth-order valence-corrected chi connectivity index (χ4v) is 3.04. The van der Waals surface area contributed by atoms with E-state index in [9.17, 15) is 9.90 Å². The predicted molar refractivity (Wildman–Crippen MR) is 104 cm³/mol. The lowest BCUT2D eigenvalue weighted by Crippen LogP contribution is -2.21. The molecule has 0 bridgehead atoms. The van der Waals surface area contributed by atoms with Gasteiger partial charge in [0.2, 0.25) is 0 Å². The molecule has 2 aromatic carbocycles. The molecule has 0 aromatic heterocycles. The maximum absolute atomic E-state index is 12.7. The molecule has 0 saturated heterocycles. The molecule has 1 heterocycles. The Bertz CT molecular complexity index is 881. The Morgan fingerprint density at radius 2 is 1.60 bits per heavy atom. The predicted octanol–water partition coefficient (Wildman–Crippen LogP) is 3.05. The zero-order chi connectivity index (χ0) is 21.5. The van der Waals surface area contributed by atoms with E-state index in [-0.39, 0.29) is 49.6 Å². The van der Waals surface area contributed by atoms with Gasteiger partial charge < -0.3 is 38.3 Å². The standard InChI is InChI=1S/C21H24O9/c1-24-10-27-13-4-5-15(18(7-13)29-12-26-3)19-9-17(23)21-16(22)6-14(28-11-25-2)8-20(21)30-19/h4-8,19,22H,9-12H2,1-3H3. The highest BCUT2D eigenvalue weighted by atomic mass is 16.7. The van der Waals surface area contributed by atoms with Crippen molar-refractivity contribution in [3.05, 3.63) is 41.5 Å². The maximum atomic E-state index is 12.7. The zero-order valence-electron chi connectivity index (χ0n) is 17.0. The number of rotatable bonds is 10. The Morgan fingerprint density at radius 1 is 0.933 bits per heavy atom. The topological polar surface area (TPSA) is 102 Å². The van der Waals surface area contributed by atoms with Gasteiger partial charge in [-0.1, -0.05) is 0 Å². The Kier molecular flexibility index (Phi) is 7.34. The molecule has 1 atom stereocenters. The van der Waals surface area contributed by atoms with Crippen LogP contribution in [0, 0.1) is 0 Å². The van der Waals surface area contributed by atoms with Gasteiger partial charge in [-0.15, -0.1) is 0 Å². The number of Topliss-reactive ketones (excluding diaryl/α,β-unsaturated/α-hetero) is 1. The van der Waals surface area contributed by atoms with Crippen LogP contribution in [0.3, 0.4) is 0 Å². The number of methoxy groups -OCH3 is 3. The molecular formula is C21H24O9. The summed E-state index contributed by atoms with van der Waals surface area (Å²) >= 11 is 0. The van der Waals surface area contributed by atoms with Crippen LogP contribution in [0.1, 0.15) is 28.4 Å². The molecule has 9 heteroatoms. The molecular weight excluding hydrogens is 396 g/mol. The average Bonchev–Trinajstić information content (AvgIpc) is 2.74. The van der Waals surface area contributed by atoms with Crippen molar-refractivity contribution in [2.24, 2.45) is 0 Å². The molecule has 0 amide bonds. The van der Waals surface area contributed by atoms with Crippen molar-refractivity contribution in [1.29, 1.82) is 0 Å². The number of aromatic hydroxyl groups is 1. The lowest BCUT2D eigenvalue weighted by molar-refractivity contribution is 0.0438. The lowest BCUT2D eigenvalue weighted by atomic mass is 9.95. The van der Waals surface area contributed by atoms with E-state index in [0.29, 0.717) is 22.8 Å². The highest BCUT2D eigenvalue weighted by Gasteiger charge is 2.32. The quantitative estimate of drug-likeness (QED) is 0.581. The number of hydrogen-bond donors (Lipinski definition) is 1. The van der Waals surface area contributed by atoms with Crippen molar-refractivity contribution in [1.82, 2.24) is 0 Å². The molecule has 0 fully saturated rings. The minimum absolute atomic E-state index is 0.00640. The van der Waals surface area contributed by atoms with Gasteiger partial charge in [0, 0.05) is 45.1 Å². The third-order valence-corrected chi connectivity index (χ3v) is 4.32. The lowest BCUT2D eigenvalue weighted by Gasteiger charge is -2.28. The number of fused-ring (bicyclic) bond motifs is 1. The summed E-state index contributed by atoms with van der Waals surface area (Å²) in [5, 5.41) is 10.3. The molecule has 1 unspecified atom stereocenters. The van der Waals surface area contributed by atoms with E-state index >= 15 is 0 Å². The Morgan fingerprint density at radius 3 is 2.30 bits per heavy atom. The van der Waals surface area contributed by atoms with Gasteiger partial charge >= 0.3 is 0 Å². The molecule has 0 saturated carbocycles. The Hall–Kier alpha value is -3.01. The molecule has 30 heavy (non-hydrogen) atoms. The largest absolute Gasteiger partial charge is 0.507 e. The second-order valence-electron chi connectivity index (χ2n) is 6.40. The molecule has 1 aliphatic heterocycles. The number of carbonyl (C=O) groups is 1. The molecule has 3 rings (SSSR count). The fourth-order valence-electron chi connectivity index (χ4n) is 3.04. The number of benzene rings is 2. The SMILES string of the molecule is COCOc1ccc(C2CC(=O)c3c(O)cc(OCOC)cc3O2)c(OCOC)c1. The summed E-state index contributed by atoms with van der Waals surface area (Å²) in [6.07, 6.45) is -0.606. The highest BCUT2D eigenvalue weighted by Crippen LogP contribution is 2.44.